The molecule has 5 heteroatoms. The van der Waals surface area contributed by atoms with Gasteiger partial charge in [0.15, 0.2) is 6.04 Å². The first-order valence-corrected chi connectivity index (χ1v) is 7.06. The van der Waals surface area contributed by atoms with Crippen LogP contribution in [0.1, 0.15) is 39.3 Å². The van der Waals surface area contributed by atoms with Gasteiger partial charge in [-0.2, -0.15) is 0 Å². The van der Waals surface area contributed by atoms with Gasteiger partial charge < -0.3 is 15.7 Å². The molecule has 3 N–H and O–H groups in total. The fraction of sp³-hybridized carbons (Fsp3) is 0.500. The number of nitrogens with one attached hydrogen (secondary N) is 2. The standard InChI is InChI=1S/C16H24N2O3/c1-11(2)16(3,4)10-17-15(21)18-13(14(19)20)12-8-6-5-7-9-12/h5-9,11,13H,10H2,1-4H3,(H,19,20)(H2,17,18,21)/t13-/m0/s1. The van der Waals surface area contributed by atoms with E-state index in [9.17, 15) is 14.7 Å². The van der Waals surface area contributed by atoms with Crippen molar-refractivity contribution in [2.45, 2.75) is 33.7 Å². The number of carbonyl (C=O) groups is 2. The zero-order chi connectivity index (χ0) is 16.0. The van der Waals surface area contributed by atoms with Crippen LogP contribution in [0.5, 0.6) is 0 Å². The van der Waals surface area contributed by atoms with E-state index in [-0.39, 0.29) is 5.41 Å². The minimum atomic E-state index is -1.08. The Kier molecular flexibility index (Phi) is 5.76. The molecular weight excluding hydrogens is 268 g/mol. The number of carboxylic acids is 1. The molecule has 0 bridgehead atoms. The minimum absolute atomic E-state index is 0.0528. The smallest absolute Gasteiger partial charge is 0.330 e. The number of rotatable bonds is 6. The van der Waals surface area contributed by atoms with E-state index in [1.165, 1.54) is 0 Å². The van der Waals surface area contributed by atoms with Crippen LogP contribution in [0.2, 0.25) is 0 Å². The van der Waals surface area contributed by atoms with Crippen molar-refractivity contribution in [1.29, 1.82) is 0 Å². The van der Waals surface area contributed by atoms with Gasteiger partial charge in [-0.1, -0.05) is 58.0 Å². The highest BCUT2D eigenvalue weighted by Gasteiger charge is 2.25. The monoisotopic (exact) mass is 292 g/mol. The minimum Gasteiger partial charge on any atom is -0.479 e. The zero-order valence-corrected chi connectivity index (χ0v) is 13.0. The predicted octanol–water partition coefficient (Wildman–Crippen LogP) is 2.79. The number of carbonyl (C=O) groups excluding carboxylic acids is 1. The Balaban J connectivity index is 2.65. The third-order valence-corrected chi connectivity index (χ3v) is 3.92. The van der Waals surface area contributed by atoms with Crippen LogP contribution < -0.4 is 10.6 Å². The van der Waals surface area contributed by atoms with Crippen molar-refractivity contribution in [2.24, 2.45) is 11.3 Å². The third-order valence-electron chi connectivity index (χ3n) is 3.92. The molecule has 0 radical (unpaired) electrons. The van der Waals surface area contributed by atoms with Crippen LogP contribution in [0, 0.1) is 11.3 Å². The zero-order valence-electron chi connectivity index (χ0n) is 13.0. The number of hydrogen-bond donors (Lipinski definition) is 3. The topological polar surface area (TPSA) is 78.4 Å². The molecule has 21 heavy (non-hydrogen) atoms. The lowest BCUT2D eigenvalue weighted by atomic mass is 9.81. The summed E-state index contributed by atoms with van der Waals surface area (Å²) >= 11 is 0. The quantitative estimate of drug-likeness (QED) is 0.754. The Morgan fingerprint density at radius 3 is 2.24 bits per heavy atom. The van der Waals surface area contributed by atoms with Gasteiger partial charge in [0.2, 0.25) is 0 Å². The summed E-state index contributed by atoms with van der Waals surface area (Å²) in [5, 5.41) is 14.5. The summed E-state index contributed by atoms with van der Waals surface area (Å²) in [5.74, 6) is -0.679. The lowest BCUT2D eigenvalue weighted by Crippen LogP contribution is -2.45. The van der Waals surface area contributed by atoms with Crippen LogP contribution in [0.3, 0.4) is 0 Å². The molecule has 1 aromatic rings. The number of benzene rings is 1. The summed E-state index contributed by atoms with van der Waals surface area (Å²) in [6, 6.07) is 7.12. The lowest BCUT2D eigenvalue weighted by molar-refractivity contribution is -0.139. The van der Waals surface area contributed by atoms with Crippen molar-refractivity contribution in [3.63, 3.8) is 0 Å². The molecule has 0 saturated carbocycles. The highest BCUT2D eigenvalue weighted by molar-refractivity contribution is 5.83. The molecule has 1 rings (SSSR count). The Bertz CT molecular complexity index is 484. The Morgan fingerprint density at radius 1 is 1.19 bits per heavy atom. The van der Waals surface area contributed by atoms with Crippen molar-refractivity contribution in [3.05, 3.63) is 35.9 Å². The van der Waals surface area contributed by atoms with Crippen molar-refractivity contribution in [1.82, 2.24) is 10.6 Å². The van der Waals surface area contributed by atoms with Crippen molar-refractivity contribution in [3.8, 4) is 0 Å². The second kappa shape index (κ2) is 7.11. The van der Waals surface area contributed by atoms with Crippen molar-refractivity contribution in [2.75, 3.05) is 6.54 Å². The number of aliphatic carboxylic acids is 1. The number of hydrogen-bond acceptors (Lipinski definition) is 2. The maximum absolute atomic E-state index is 11.9. The normalized spacial score (nSPS) is 12.8. The van der Waals surface area contributed by atoms with Gasteiger partial charge in [-0.3, -0.25) is 0 Å². The summed E-state index contributed by atoms with van der Waals surface area (Å²) in [6.07, 6.45) is 0. The van der Waals surface area contributed by atoms with Crippen LogP contribution in [0.25, 0.3) is 0 Å². The molecule has 5 nitrogen and oxygen atoms in total. The lowest BCUT2D eigenvalue weighted by Gasteiger charge is -2.29. The molecule has 0 aromatic heterocycles. The Labute approximate surface area is 125 Å². The Hall–Kier alpha value is -2.04. The van der Waals surface area contributed by atoms with Crippen molar-refractivity contribution >= 4 is 12.0 Å². The van der Waals surface area contributed by atoms with Gasteiger partial charge in [-0.05, 0) is 16.9 Å². The highest BCUT2D eigenvalue weighted by Crippen LogP contribution is 2.24. The first kappa shape index (κ1) is 17.0. The van der Waals surface area contributed by atoms with E-state index in [0.29, 0.717) is 18.0 Å². The predicted molar refractivity (Wildman–Crippen MR) is 82.0 cm³/mol. The summed E-state index contributed by atoms with van der Waals surface area (Å²) in [5.41, 5.74) is 0.492. The molecule has 0 spiro atoms. The molecule has 116 valence electrons. The van der Waals surface area contributed by atoms with E-state index in [0.717, 1.165) is 0 Å². The summed E-state index contributed by atoms with van der Waals surface area (Å²) in [6.45, 7) is 8.78. The van der Waals surface area contributed by atoms with E-state index < -0.39 is 18.0 Å². The summed E-state index contributed by atoms with van der Waals surface area (Å²) in [4.78, 5) is 23.2. The number of urea groups is 1. The first-order chi connectivity index (χ1) is 9.74. The van der Waals surface area contributed by atoms with E-state index in [1.54, 1.807) is 30.3 Å². The van der Waals surface area contributed by atoms with E-state index in [4.69, 9.17) is 0 Å². The largest absolute Gasteiger partial charge is 0.479 e. The molecule has 0 heterocycles. The molecule has 0 aliphatic heterocycles. The summed E-state index contributed by atoms with van der Waals surface area (Å²) < 4.78 is 0. The van der Waals surface area contributed by atoms with Crippen LogP contribution in [0.15, 0.2) is 30.3 Å². The average molecular weight is 292 g/mol. The molecule has 1 aromatic carbocycles. The molecule has 0 saturated heterocycles. The van der Waals surface area contributed by atoms with Gasteiger partial charge in [-0.25, -0.2) is 9.59 Å². The second-order valence-corrected chi connectivity index (χ2v) is 6.15. The van der Waals surface area contributed by atoms with E-state index in [2.05, 4.69) is 38.3 Å². The number of carboxylic acid groups (broad SMARTS) is 1. The molecule has 1 atom stereocenters. The van der Waals surface area contributed by atoms with E-state index >= 15 is 0 Å². The Morgan fingerprint density at radius 2 is 1.76 bits per heavy atom. The van der Waals surface area contributed by atoms with Gasteiger partial charge in [0.1, 0.15) is 0 Å². The van der Waals surface area contributed by atoms with Gasteiger partial charge in [-0.15, -0.1) is 0 Å². The molecule has 0 unspecified atom stereocenters. The SMILES string of the molecule is CC(C)C(C)(C)CNC(=O)N[C@H](C(=O)O)c1ccccc1. The third kappa shape index (κ3) is 5.10. The van der Waals surface area contributed by atoms with Gasteiger partial charge >= 0.3 is 12.0 Å². The van der Waals surface area contributed by atoms with Crippen LogP contribution in [0.4, 0.5) is 4.79 Å². The molecular formula is C16H24N2O3. The maximum atomic E-state index is 11.9. The fourth-order valence-electron chi connectivity index (χ4n) is 1.63. The molecule has 2 amide bonds. The van der Waals surface area contributed by atoms with E-state index in [1.807, 2.05) is 0 Å². The second-order valence-electron chi connectivity index (χ2n) is 6.15. The van der Waals surface area contributed by atoms with Gasteiger partial charge in [0.25, 0.3) is 0 Å². The highest BCUT2D eigenvalue weighted by atomic mass is 16.4. The molecule has 0 aliphatic carbocycles. The van der Waals surface area contributed by atoms with Crippen LogP contribution in [-0.2, 0) is 4.79 Å². The molecule has 0 aliphatic rings. The van der Waals surface area contributed by atoms with Gasteiger partial charge in [0.05, 0.1) is 0 Å². The first-order valence-electron chi connectivity index (χ1n) is 7.06. The van der Waals surface area contributed by atoms with Gasteiger partial charge in [0, 0.05) is 6.54 Å². The summed E-state index contributed by atoms with van der Waals surface area (Å²) in [7, 11) is 0. The van der Waals surface area contributed by atoms with Crippen molar-refractivity contribution < 1.29 is 14.7 Å². The fourth-order valence-corrected chi connectivity index (χ4v) is 1.63. The van der Waals surface area contributed by atoms with Crippen LogP contribution >= 0.6 is 0 Å². The maximum Gasteiger partial charge on any atom is 0.330 e. The van der Waals surface area contributed by atoms with Crippen LogP contribution in [-0.4, -0.2) is 23.7 Å². The molecule has 0 fully saturated rings. The average Bonchev–Trinajstić information content (AvgIpc) is 2.43. The number of amides is 2.